The summed E-state index contributed by atoms with van der Waals surface area (Å²) in [5.74, 6) is 1.27. The summed E-state index contributed by atoms with van der Waals surface area (Å²) >= 11 is 6.32. The molecule has 0 saturated carbocycles. The van der Waals surface area contributed by atoms with E-state index >= 15 is 0 Å². The fourth-order valence-electron chi connectivity index (χ4n) is 2.89. The van der Waals surface area contributed by atoms with E-state index in [1.807, 2.05) is 0 Å². The Morgan fingerprint density at radius 2 is 1.90 bits per heavy atom. The Hall–Kier alpha value is -0.730. The SMILES string of the molecule is Cc1ccc(N2CC(C(C)C)NCC2C(C)C)cc1Cl. The molecule has 1 aromatic carbocycles. The van der Waals surface area contributed by atoms with Crippen LogP contribution in [-0.2, 0) is 0 Å². The molecule has 2 rings (SSSR count). The molecule has 20 heavy (non-hydrogen) atoms. The Balaban J connectivity index is 2.28. The third-order valence-electron chi connectivity index (χ3n) is 4.44. The molecule has 1 aromatic rings. The van der Waals surface area contributed by atoms with Crippen LogP contribution < -0.4 is 10.2 Å². The predicted molar refractivity (Wildman–Crippen MR) is 88.8 cm³/mol. The molecule has 3 heteroatoms. The van der Waals surface area contributed by atoms with Gasteiger partial charge in [-0.05, 0) is 36.5 Å². The number of halogens is 1. The zero-order valence-corrected chi connectivity index (χ0v) is 14.0. The van der Waals surface area contributed by atoms with E-state index in [1.165, 1.54) is 5.69 Å². The van der Waals surface area contributed by atoms with E-state index < -0.39 is 0 Å². The molecule has 2 nitrogen and oxygen atoms in total. The molecule has 2 atom stereocenters. The lowest BCUT2D eigenvalue weighted by molar-refractivity contribution is 0.295. The van der Waals surface area contributed by atoms with E-state index in [9.17, 15) is 0 Å². The number of hydrogen-bond donors (Lipinski definition) is 1. The first-order valence-corrected chi connectivity index (χ1v) is 8.04. The van der Waals surface area contributed by atoms with Gasteiger partial charge in [-0.1, -0.05) is 45.4 Å². The molecule has 1 saturated heterocycles. The Morgan fingerprint density at radius 3 is 2.45 bits per heavy atom. The van der Waals surface area contributed by atoms with Crippen molar-refractivity contribution in [2.24, 2.45) is 11.8 Å². The van der Waals surface area contributed by atoms with Crippen LogP contribution in [0, 0.1) is 18.8 Å². The molecule has 0 aromatic heterocycles. The first-order valence-electron chi connectivity index (χ1n) is 7.66. The zero-order chi connectivity index (χ0) is 14.9. The van der Waals surface area contributed by atoms with Crippen molar-refractivity contribution in [3.8, 4) is 0 Å². The molecule has 1 aliphatic heterocycles. The van der Waals surface area contributed by atoms with Gasteiger partial charge < -0.3 is 10.2 Å². The molecule has 1 N–H and O–H groups in total. The average molecular weight is 295 g/mol. The van der Waals surface area contributed by atoms with Gasteiger partial charge in [-0.2, -0.15) is 0 Å². The molecular formula is C17H27ClN2. The minimum atomic E-state index is 0.531. The van der Waals surface area contributed by atoms with Gasteiger partial charge >= 0.3 is 0 Å². The van der Waals surface area contributed by atoms with Crippen molar-refractivity contribution in [1.82, 2.24) is 5.32 Å². The number of rotatable bonds is 3. The minimum absolute atomic E-state index is 0.531. The van der Waals surface area contributed by atoms with E-state index in [0.717, 1.165) is 23.7 Å². The lowest BCUT2D eigenvalue weighted by Crippen LogP contribution is -2.60. The number of benzene rings is 1. The van der Waals surface area contributed by atoms with E-state index in [1.54, 1.807) is 0 Å². The van der Waals surface area contributed by atoms with Crippen LogP contribution in [0.3, 0.4) is 0 Å². The largest absolute Gasteiger partial charge is 0.365 e. The van der Waals surface area contributed by atoms with Crippen LogP contribution in [0.5, 0.6) is 0 Å². The first-order chi connectivity index (χ1) is 9.40. The molecule has 0 amide bonds. The third kappa shape index (κ3) is 3.29. The second-order valence-electron chi connectivity index (χ2n) is 6.66. The maximum atomic E-state index is 6.32. The van der Waals surface area contributed by atoms with Gasteiger partial charge in [0.1, 0.15) is 0 Å². The van der Waals surface area contributed by atoms with E-state index in [4.69, 9.17) is 11.6 Å². The van der Waals surface area contributed by atoms with Gasteiger partial charge in [0.25, 0.3) is 0 Å². The summed E-state index contributed by atoms with van der Waals surface area (Å²) in [6.45, 7) is 13.3. The van der Waals surface area contributed by atoms with Gasteiger partial charge in [0.05, 0.1) is 0 Å². The highest BCUT2D eigenvalue weighted by Gasteiger charge is 2.31. The topological polar surface area (TPSA) is 15.3 Å². The van der Waals surface area contributed by atoms with Crippen molar-refractivity contribution in [2.45, 2.75) is 46.7 Å². The van der Waals surface area contributed by atoms with E-state index in [0.29, 0.717) is 23.9 Å². The number of anilines is 1. The lowest BCUT2D eigenvalue weighted by atomic mass is 9.93. The van der Waals surface area contributed by atoms with Gasteiger partial charge in [-0.3, -0.25) is 0 Å². The van der Waals surface area contributed by atoms with E-state index in [-0.39, 0.29) is 0 Å². The number of nitrogens with zero attached hydrogens (tertiary/aromatic N) is 1. The van der Waals surface area contributed by atoms with Crippen LogP contribution in [0.4, 0.5) is 5.69 Å². The van der Waals surface area contributed by atoms with Crippen molar-refractivity contribution >= 4 is 17.3 Å². The molecule has 0 aliphatic carbocycles. The van der Waals surface area contributed by atoms with Gasteiger partial charge in [0.15, 0.2) is 0 Å². The van der Waals surface area contributed by atoms with Gasteiger partial charge in [0.2, 0.25) is 0 Å². The van der Waals surface area contributed by atoms with Crippen molar-refractivity contribution in [1.29, 1.82) is 0 Å². The molecule has 0 radical (unpaired) electrons. The molecule has 1 aliphatic rings. The number of aryl methyl sites for hydroxylation is 1. The second kappa shape index (κ2) is 6.36. The number of hydrogen-bond acceptors (Lipinski definition) is 2. The molecule has 0 spiro atoms. The smallest absolute Gasteiger partial charge is 0.0455 e. The maximum Gasteiger partial charge on any atom is 0.0455 e. The summed E-state index contributed by atoms with van der Waals surface area (Å²) < 4.78 is 0. The fraction of sp³-hybridized carbons (Fsp3) is 0.647. The summed E-state index contributed by atoms with van der Waals surface area (Å²) in [6, 6.07) is 7.53. The van der Waals surface area contributed by atoms with E-state index in [2.05, 4.69) is 63.0 Å². The van der Waals surface area contributed by atoms with Crippen molar-refractivity contribution in [3.63, 3.8) is 0 Å². The van der Waals surface area contributed by atoms with Crippen LogP contribution in [-0.4, -0.2) is 25.2 Å². The highest BCUT2D eigenvalue weighted by atomic mass is 35.5. The Labute approximate surface area is 128 Å². The van der Waals surface area contributed by atoms with Crippen LogP contribution >= 0.6 is 11.6 Å². The van der Waals surface area contributed by atoms with Gasteiger partial charge in [-0.25, -0.2) is 0 Å². The molecule has 1 heterocycles. The minimum Gasteiger partial charge on any atom is -0.365 e. The van der Waals surface area contributed by atoms with Gasteiger partial charge in [-0.15, -0.1) is 0 Å². The standard InChI is InChI=1S/C17H27ClN2/c1-11(2)16-10-20(17(9-19-16)12(3)4)14-7-6-13(5)15(18)8-14/h6-8,11-12,16-17,19H,9-10H2,1-5H3. The normalized spacial score (nSPS) is 23.7. The summed E-state index contributed by atoms with van der Waals surface area (Å²) in [7, 11) is 0. The first kappa shape index (κ1) is 15.7. The van der Waals surface area contributed by atoms with Crippen molar-refractivity contribution < 1.29 is 0 Å². The monoisotopic (exact) mass is 294 g/mol. The maximum absolute atomic E-state index is 6.32. The van der Waals surface area contributed by atoms with Crippen LogP contribution in [0.15, 0.2) is 18.2 Å². The van der Waals surface area contributed by atoms with Crippen LogP contribution in [0.25, 0.3) is 0 Å². The zero-order valence-electron chi connectivity index (χ0n) is 13.3. The Morgan fingerprint density at radius 1 is 1.20 bits per heavy atom. The van der Waals surface area contributed by atoms with Crippen molar-refractivity contribution in [2.75, 3.05) is 18.0 Å². The Kier molecular flexibility index (Phi) is 4.98. The molecule has 1 fully saturated rings. The summed E-state index contributed by atoms with van der Waals surface area (Å²) in [5.41, 5.74) is 2.40. The Bertz CT molecular complexity index is 456. The second-order valence-corrected chi connectivity index (χ2v) is 7.06. The summed E-state index contributed by atoms with van der Waals surface area (Å²) in [5, 5.41) is 4.57. The van der Waals surface area contributed by atoms with Crippen LogP contribution in [0.1, 0.15) is 33.3 Å². The summed E-state index contributed by atoms with van der Waals surface area (Å²) in [6.07, 6.45) is 0. The highest BCUT2D eigenvalue weighted by Crippen LogP contribution is 2.29. The predicted octanol–water partition coefficient (Wildman–Crippen LogP) is 4.11. The number of nitrogens with one attached hydrogen (secondary N) is 1. The number of piperazine rings is 1. The molecule has 0 bridgehead atoms. The highest BCUT2D eigenvalue weighted by molar-refractivity contribution is 6.31. The van der Waals surface area contributed by atoms with Crippen molar-refractivity contribution in [3.05, 3.63) is 28.8 Å². The molecule has 112 valence electrons. The quantitative estimate of drug-likeness (QED) is 0.902. The fourth-order valence-corrected chi connectivity index (χ4v) is 3.07. The molecule has 2 unspecified atom stereocenters. The lowest BCUT2D eigenvalue weighted by Gasteiger charge is -2.45. The molecular weight excluding hydrogens is 268 g/mol. The third-order valence-corrected chi connectivity index (χ3v) is 4.85. The average Bonchev–Trinajstić information content (AvgIpc) is 2.41. The van der Waals surface area contributed by atoms with Crippen LogP contribution in [0.2, 0.25) is 5.02 Å². The van der Waals surface area contributed by atoms with Gasteiger partial charge in [0, 0.05) is 35.9 Å². The summed E-state index contributed by atoms with van der Waals surface area (Å²) in [4.78, 5) is 2.54.